The third-order valence-corrected chi connectivity index (χ3v) is 3.57. The van der Waals surface area contributed by atoms with Crippen LogP contribution in [0.2, 0.25) is 0 Å². The predicted octanol–water partition coefficient (Wildman–Crippen LogP) is 2.46. The average Bonchev–Trinajstić information content (AvgIpc) is 2.71. The Bertz CT molecular complexity index is 365. The third-order valence-electron chi connectivity index (χ3n) is 2.41. The molecule has 2 nitrogen and oxygen atoms in total. The molecule has 1 saturated heterocycles. The van der Waals surface area contributed by atoms with Gasteiger partial charge in [-0.15, -0.1) is 0 Å². The molecule has 1 aliphatic rings. The summed E-state index contributed by atoms with van der Waals surface area (Å²) in [5.41, 5.74) is 5.95. The summed E-state index contributed by atoms with van der Waals surface area (Å²) in [5.74, 6) is 0.216. The summed E-state index contributed by atoms with van der Waals surface area (Å²) in [7, 11) is 0. The van der Waals surface area contributed by atoms with E-state index in [4.69, 9.17) is 5.73 Å². The first-order valence-electron chi connectivity index (χ1n) is 4.76. The van der Waals surface area contributed by atoms with Crippen LogP contribution in [0.15, 0.2) is 12.1 Å². The summed E-state index contributed by atoms with van der Waals surface area (Å²) in [6.07, 6.45) is 0.958. The van der Waals surface area contributed by atoms with E-state index in [1.54, 1.807) is 11.8 Å². The molecule has 5 heteroatoms. The average molecular weight is 230 g/mol. The molecule has 2 rings (SSSR count). The van der Waals surface area contributed by atoms with Crippen LogP contribution in [-0.2, 0) is 0 Å². The Morgan fingerprint density at radius 1 is 1.40 bits per heavy atom. The Kier molecular flexibility index (Phi) is 3.00. The van der Waals surface area contributed by atoms with Gasteiger partial charge in [0.2, 0.25) is 0 Å². The van der Waals surface area contributed by atoms with E-state index in [0.29, 0.717) is 0 Å². The van der Waals surface area contributed by atoms with Crippen molar-refractivity contribution in [1.29, 1.82) is 0 Å². The number of nitrogens with two attached hydrogens (primary N) is 1. The monoisotopic (exact) mass is 230 g/mol. The molecule has 0 aromatic heterocycles. The fourth-order valence-electron chi connectivity index (χ4n) is 1.56. The van der Waals surface area contributed by atoms with Crippen molar-refractivity contribution >= 4 is 23.1 Å². The van der Waals surface area contributed by atoms with Gasteiger partial charge in [-0.25, -0.2) is 8.78 Å². The van der Waals surface area contributed by atoms with Crippen molar-refractivity contribution in [3.63, 3.8) is 0 Å². The summed E-state index contributed by atoms with van der Waals surface area (Å²) in [5, 5.41) is 2.96. The van der Waals surface area contributed by atoms with Gasteiger partial charge in [0.05, 0.1) is 11.4 Å². The minimum Gasteiger partial charge on any atom is -0.397 e. The van der Waals surface area contributed by atoms with Crippen molar-refractivity contribution in [2.45, 2.75) is 12.5 Å². The van der Waals surface area contributed by atoms with Gasteiger partial charge in [0.15, 0.2) is 11.6 Å². The summed E-state index contributed by atoms with van der Waals surface area (Å²) in [6.45, 7) is 0. The third kappa shape index (κ3) is 2.17. The highest BCUT2D eigenvalue weighted by atomic mass is 32.2. The lowest BCUT2D eigenvalue weighted by Crippen LogP contribution is -2.20. The molecule has 0 bridgehead atoms. The summed E-state index contributed by atoms with van der Waals surface area (Å²) >= 11 is 1.80. The topological polar surface area (TPSA) is 38.0 Å². The number of benzene rings is 1. The van der Waals surface area contributed by atoms with E-state index in [2.05, 4.69) is 5.32 Å². The van der Waals surface area contributed by atoms with Gasteiger partial charge in [-0.1, -0.05) is 0 Å². The van der Waals surface area contributed by atoms with Crippen LogP contribution in [-0.4, -0.2) is 17.5 Å². The van der Waals surface area contributed by atoms with Gasteiger partial charge in [-0.05, 0) is 24.3 Å². The van der Waals surface area contributed by atoms with Crippen molar-refractivity contribution in [3.05, 3.63) is 23.8 Å². The number of thioether (sulfide) groups is 1. The second kappa shape index (κ2) is 4.26. The zero-order valence-electron chi connectivity index (χ0n) is 8.09. The molecule has 1 aromatic carbocycles. The van der Waals surface area contributed by atoms with Crippen molar-refractivity contribution in [2.75, 3.05) is 22.6 Å². The minimum atomic E-state index is -0.882. The molecule has 1 atom stereocenters. The highest BCUT2D eigenvalue weighted by molar-refractivity contribution is 7.99. The van der Waals surface area contributed by atoms with E-state index in [-0.39, 0.29) is 17.4 Å². The maximum absolute atomic E-state index is 13.4. The lowest BCUT2D eigenvalue weighted by atomic mass is 10.2. The van der Waals surface area contributed by atoms with Crippen LogP contribution < -0.4 is 11.1 Å². The summed E-state index contributed by atoms with van der Waals surface area (Å²) < 4.78 is 26.3. The van der Waals surface area contributed by atoms with Crippen LogP contribution in [0.5, 0.6) is 0 Å². The number of hydrogen-bond acceptors (Lipinski definition) is 3. The summed E-state index contributed by atoms with van der Waals surface area (Å²) in [6, 6.07) is 2.61. The molecule has 1 fully saturated rings. The van der Waals surface area contributed by atoms with Gasteiger partial charge in [-0.3, -0.25) is 0 Å². The van der Waals surface area contributed by atoms with E-state index in [0.717, 1.165) is 24.0 Å². The number of nitrogens with one attached hydrogen (secondary N) is 1. The Morgan fingerprint density at radius 2 is 2.20 bits per heavy atom. The molecule has 1 heterocycles. The molecular weight excluding hydrogens is 218 g/mol. The largest absolute Gasteiger partial charge is 0.397 e. The van der Waals surface area contributed by atoms with Gasteiger partial charge in [0.1, 0.15) is 0 Å². The Hall–Kier alpha value is -0.970. The molecule has 0 saturated carbocycles. The van der Waals surface area contributed by atoms with Gasteiger partial charge < -0.3 is 11.1 Å². The van der Waals surface area contributed by atoms with E-state index >= 15 is 0 Å². The lowest BCUT2D eigenvalue weighted by Gasteiger charge is -2.15. The zero-order chi connectivity index (χ0) is 10.8. The quantitative estimate of drug-likeness (QED) is 0.766. The van der Waals surface area contributed by atoms with Gasteiger partial charge in [-0.2, -0.15) is 11.8 Å². The van der Waals surface area contributed by atoms with Crippen molar-refractivity contribution in [1.82, 2.24) is 0 Å². The fourth-order valence-corrected chi connectivity index (χ4v) is 2.72. The second-order valence-electron chi connectivity index (χ2n) is 3.53. The molecule has 0 spiro atoms. The minimum absolute atomic E-state index is 0.0995. The molecule has 1 aromatic rings. The van der Waals surface area contributed by atoms with Crippen molar-refractivity contribution in [2.24, 2.45) is 0 Å². The standard InChI is InChI=1S/C10H12F2N2S/c11-7-1-2-8(13)10(9(7)12)14-6-3-4-15-5-6/h1-2,6,14H,3-5,13H2. The number of halogens is 2. The van der Waals surface area contributed by atoms with Crippen molar-refractivity contribution in [3.8, 4) is 0 Å². The number of rotatable bonds is 2. The first kappa shape index (κ1) is 10.5. The molecule has 1 unspecified atom stereocenters. The maximum Gasteiger partial charge on any atom is 0.183 e. The normalized spacial score (nSPS) is 20.5. The predicted molar refractivity (Wildman–Crippen MR) is 60.1 cm³/mol. The zero-order valence-corrected chi connectivity index (χ0v) is 8.91. The fraction of sp³-hybridized carbons (Fsp3) is 0.400. The van der Waals surface area contributed by atoms with Crippen LogP contribution in [0.1, 0.15) is 6.42 Å². The Morgan fingerprint density at radius 3 is 2.87 bits per heavy atom. The molecule has 82 valence electrons. The molecular formula is C10H12F2N2S. The van der Waals surface area contributed by atoms with Crippen LogP contribution in [0, 0.1) is 11.6 Å². The molecule has 0 aliphatic carbocycles. The van der Waals surface area contributed by atoms with E-state index in [9.17, 15) is 8.78 Å². The second-order valence-corrected chi connectivity index (χ2v) is 4.68. The number of anilines is 2. The first-order chi connectivity index (χ1) is 7.18. The number of hydrogen-bond donors (Lipinski definition) is 2. The van der Waals surface area contributed by atoms with Gasteiger partial charge in [0.25, 0.3) is 0 Å². The van der Waals surface area contributed by atoms with E-state index < -0.39 is 11.6 Å². The van der Waals surface area contributed by atoms with Gasteiger partial charge >= 0.3 is 0 Å². The van der Waals surface area contributed by atoms with Crippen molar-refractivity contribution < 1.29 is 8.78 Å². The smallest absolute Gasteiger partial charge is 0.183 e. The van der Waals surface area contributed by atoms with Crippen LogP contribution in [0.25, 0.3) is 0 Å². The lowest BCUT2D eigenvalue weighted by molar-refractivity contribution is 0.510. The van der Waals surface area contributed by atoms with Crippen LogP contribution in [0.4, 0.5) is 20.2 Å². The molecule has 1 aliphatic heterocycles. The molecule has 0 amide bonds. The Labute approximate surface area is 91.2 Å². The molecule has 15 heavy (non-hydrogen) atoms. The Balaban J connectivity index is 2.22. The highest BCUT2D eigenvalue weighted by Crippen LogP contribution is 2.28. The SMILES string of the molecule is Nc1ccc(F)c(F)c1NC1CCSC1. The molecule has 3 N–H and O–H groups in total. The molecule has 0 radical (unpaired) electrons. The maximum atomic E-state index is 13.4. The van der Waals surface area contributed by atoms with E-state index in [1.165, 1.54) is 6.07 Å². The van der Waals surface area contributed by atoms with Gasteiger partial charge in [0, 0.05) is 11.8 Å². The summed E-state index contributed by atoms with van der Waals surface area (Å²) in [4.78, 5) is 0. The highest BCUT2D eigenvalue weighted by Gasteiger charge is 2.19. The first-order valence-corrected chi connectivity index (χ1v) is 5.91. The number of nitrogen functional groups attached to an aromatic ring is 1. The van der Waals surface area contributed by atoms with Crippen LogP contribution >= 0.6 is 11.8 Å². The van der Waals surface area contributed by atoms with Crippen LogP contribution in [0.3, 0.4) is 0 Å². The van der Waals surface area contributed by atoms with E-state index in [1.807, 2.05) is 0 Å².